The van der Waals surface area contributed by atoms with Crippen molar-refractivity contribution < 1.29 is 80.2 Å². The fourth-order valence-corrected chi connectivity index (χ4v) is 13.4. The Hall–Kier alpha value is -2.46. The van der Waals surface area contributed by atoms with Gasteiger partial charge in [-0.25, -0.2) is 9.13 Å². The van der Waals surface area contributed by atoms with E-state index < -0.39 is 97.5 Å². The van der Waals surface area contributed by atoms with E-state index in [1.807, 2.05) is 0 Å². The fourth-order valence-electron chi connectivity index (χ4n) is 11.9. The third-order valence-electron chi connectivity index (χ3n) is 18.2. The first-order valence-corrected chi connectivity index (χ1v) is 43.9. The third kappa shape index (κ3) is 73.6. The molecule has 0 saturated heterocycles. The van der Waals surface area contributed by atoms with Crippen LogP contribution in [0.25, 0.3) is 0 Å². The van der Waals surface area contributed by atoms with E-state index in [1.165, 1.54) is 205 Å². The predicted molar refractivity (Wildman–Crippen MR) is 404 cm³/mol. The minimum absolute atomic E-state index is 0.102. The van der Waals surface area contributed by atoms with Crippen LogP contribution >= 0.6 is 15.6 Å². The van der Waals surface area contributed by atoms with Crippen molar-refractivity contribution in [3.63, 3.8) is 0 Å². The van der Waals surface area contributed by atoms with E-state index >= 15 is 0 Å². The number of carbonyl (C=O) groups excluding carboxylic acids is 4. The van der Waals surface area contributed by atoms with Crippen LogP contribution in [0.15, 0.2) is 24.3 Å². The molecule has 0 fully saturated rings. The second kappa shape index (κ2) is 72.5. The molecule has 99 heavy (non-hydrogen) atoms. The summed E-state index contributed by atoms with van der Waals surface area (Å²) in [7, 11) is -9.93. The molecule has 0 heterocycles. The number of allylic oxidation sites excluding steroid dienone is 4. The lowest BCUT2D eigenvalue weighted by atomic mass is 10.0. The SMILES string of the molecule is CCCCCC/C=C\C=C/CCCCCCCC(=O)OC[C@H](COP(=O)(O)OC[C@@H](O)COP(=O)(O)OC[C@@H](COC(=O)CCCCCCCCCCCCC)OC(=O)CCCCCCCCCCC(C)C)OC(=O)CCCCCCCCCCCCCCCCCCCCCCCC. The molecule has 0 aliphatic heterocycles. The van der Waals surface area contributed by atoms with Crippen LogP contribution in [0.3, 0.4) is 0 Å². The Morgan fingerprint density at radius 2 is 0.545 bits per heavy atom. The average Bonchev–Trinajstić information content (AvgIpc) is 1.05. The van der Waals surface area contributed by atoms with Crippen molar-refractivity contribution in [2.75, 3.05) is 39.6 Å². The molecule has 5 atom stereocenters. The number of hydrogen-bond donors (Lipinski definition) is 3. The van der Waals surface area contributed by atoms with Crippen LogP contribution in [0.1, 0.15) is 401 Å². The number of phosphoric ester groups is 2. The van der Waals surface area contributed by atoms with E-state index in [9.17, 15) is 43.2 Å². The lowest BCUT2D eigenvalue weighted by molar-refractivity contribution is -0.161. The molecule has 0 aromatic carbocycles. The van der Waals surface area contributed by atoms with E-state index in [2.05, 4.69) is 58.9 Å². The van der Waals surface area contributed by atoms with E-state index in [-0.39, 0.29) is 25.7 Å². The third-order valence-corrected chi connectivity index (χ3v) is 20.1. The van der Waals surface area contributed by atoms with Crippen molar-refractivity contribution in [2.24, 2.45) is 5.92 Å². The van der Waals surface area contributed by atoms with Gasteiger partial charge < -0.3 is 33.8 Å². The Balaban J connectivity index is 5.23. The minimum atomic E-state index is -4.97. The van der Waals surface area contributed by atoms with Crippen LogP contribution < -0.4 is 0 Å². The van der Waals surface area contributed by atoms with Gasteiger partial charge in [-0.2, -0.15) is 0 Å². The highest BCUT2D eigenvalue weighted by molar-refractivity contribution is 7.47. The maximum absolute atomic E-state index is 13.1. The molecule has 2 unspecified atom stereocenters. The van der Waals surface area contributed by atoms with E-state index in [0.29, 0.717) is 31.6 Å². The largest absolute Gasteiger partial charge is 0.472 e. The normalized spacial score (nSPS) is 14.0. The highest BCUT2D eigenvalue weighted by Crippen LogP contribution is 2.45. The van der Waals surface area contributed by atoms with Crippen LogP contribution in [0.4, 0.5) is 0 Å². The second-order valence-electron chi connectivity index (χ2n) is 28.6. The maximum Gasteiger partial charge on any atom is 0.472 e. The van der Waals surface area contributed by atoms with Crippen molar-refractivity contribution in [3.05, 3.63) is 24.3 Å². The number of rotatable bonds is 78. The van der Waals surface area contributed by atoms with Gasteiger partial charge in [0.1, 0.15) is 19.3 Å². The number of carbonyl (C=O) groups is 4. The highest BCUT2D eigenvalue weighted by atomic mass is 31.2. The summed E-state index contributed by atoms with van der Waals surface area (Å²) in [5.41, 5.74) is 0. The summed E-state index contributed by atoms with van der Waals surface area (Å²) in [6, 6.07) is 0. The number of aliphatic hydroxyl groups excluding tert-OH is 1. The lowest BCUT2D eigenvalue weighted by Gasteiger charge is -2.21. The number of ether oxygens (including phenoxy) is 4. The molecule has 0 aromatic rings. The first kappa shape index (κ1) is 96.5. The number of phosphoric acid groups is 2. The van der Waals surface area contributed by atoms with E-state index in [0.717, 1.165) is 109 Å². The topological polar surface area (TPSA) is 237 Å². The summed E-state index contributed by atoms with van der Waals surface area (Å²) in [5, 5.41) is 10.6. The zero-order valence-electron chi connectivity index (χ0n) is 64.1. The second-order valence-corrected chi connectivity index (χ2v) is 31.5. The van der Waals surface area contributed by atoms with Crippen molar-refractivity contribution in [2.45, 2.75) is 419 Å². The number of hydrogen-bond acceptors (Lipinski definition) is 15. The smallest absolute Gasteiger partial charge is 0.462 e. The van der Waals surface area contributed by atoms with Gasteiger partial charge in [0, 0.05) is 25.7 Å². The zero-order valence-corrected chi connectivity index (χ0v) is 65.9. The van der Waals surface area contributed by atoms with Crippen molar-refractivity contribution in [3.8, 4) is 0 Å². The summed E-state index contributed by atoms with van der Waals surface area (Å²) in [6.07, 6.45) is 66.2. The summed E-state index contributed by atoms with van der Waals surface area (Å²) in [5.74, 6) is -1.43. The molecule has 0 amide bonds. The summed E-state index contributed by atoms with van der Waals surface area (Å²) >= 11 is 0. The van der Waals surface area contributed by atoms with E-state index in [4.69, 9.17) is 37.0 Å². The molecule has 0 aliphatic carbocycles. The molecule has 0 aliphatic rings. The van der Waals surface area contributed by atoms with Gasteiger partial charge in [0.15, 0.2) is 12.2 Å². The lowest BCUT2D eigenvalue weighted by Crippen LogP contribution is -2.30. The Morgan fingerprint density at radius 3 is 0.828 bits per heavy atom. The molecular formula is C80H152O17P2. The molecule has 0 aromatic heterocycles. The van der Waals surface area contributed by atoms with E-state index in [1.54, 1.807) is 0 Å². The Bertz CT molecular complexity index is 1990. The summed E-state index contributed by atoms with van der Waals surface area (Å²) in [6.45, 7) is 7.20. The van der Waals surface area contributed by atoms with Crippen molar-refractivity contribution in [1.82, 2.24) is 0 Å². The molecule has 19 heteroatoms. The van der Waals surface area contributed by atoms with Crippen LogP contribution in [-0.2, 0) is 65.4 Å². The van der Waals surface area contributed by atoms with Gasteiger partial charge in [0.2, 0.25) is 0 Å². The van der Waals surface area contributed by atoms with Gasteiger partial charge in [0.25, 0.3) is 0 Å². The fraction of sp³-hybridized carbons (Fsp3) is 0.900. The van der Waals surface area contributed by atoms with Crippen LogP contribution in [0.5, 0.6) is 0 Å². The molecule has 3 N–H and O–H groups in total. The average molecular weight is 1450 g/mol. The van der Waals surface area contributed by atoms with Gasteiger partial charge in [0.05, 0.1) is 26.4 Å². The van der Waals surface area contributed by atoms with Crippen LogP contribution in [-0.4, -0.2) is 96.7 Å². The van der Waals surface area contributed by atoms with Gasteiger partial charge in [-0.15, -0.1) is 0 Å². The van der Waals surface area contributed by atoms with Gasteiger partial charge in [-0.1, -0.05) is 348 Å². The van der Waals surface area contributed by atoms with Gasteiger partial charge >= 0.3 is 39.5 Å². The predicted octanol–water partition coefficient (Wildman–Crippen LogP) is 23.6. The molecule has 0 spiro atoms. The number of esters is 4. The number of unbranched alkanes of at least 4 members (excludes halogenated alkanes) is 47. The standard InChI is InChI=1S/C80H152O17P2/c1-6-9-12-15-18-21-24-26-28-29-30-31-32-33-34-36-38-41-44-50-55-60-65-79(84)96-75(69-91-78(83)64-59-54-49-43-40-37-35-27-25-22-19-16-13-10-7-2)71-94-98(86,87)92-67-74(81)68-93-99(88,89)95-72-76(97-80(85)66-61-56-51-46-45-47-52-57-62-73(4)5)70-90-77(82)63-58-53-48-42-39-23-20-17-14-11-8-3/h22,25,27,35,73-76,81H,6-21,23-24,26,28-34,36-72H2,1-5H3,(H,86,87)(H,88,89)/b25-22-,35-27-/t74-,75-,76-/m1/s1. The van der Waals surface area contributed by atoms with Crippen molar-refractivity contribution in [1.29, 1.82) is 0 Å². The molecule has 17 nitrogen and oxygen atoms in total. The Labute approximate surface area is 605 Å². The summed E-state index contributed by atoms with van der Waals surface area (Å²) < 4.78 is 68.6. The minimum Gasteiger partial charge on any atom is -0.462 e. The van der Waals surface area contributed by atoms with Gasteiger partial charge in [-0.05, 0) is 57.3 Å². The highest BCUT2D eigenvalue weighted by Gasteiger charge is 2.30. The molecule has 0 saturated carbocycles. The molecule has 584 valence electrons. The Morgan fingerprint density at radius 1 is 0.313 bits per heavy atom. The number of aliphatic hydroxyl groups is 1. The van der Waals surface area contributed by atoms with Gasteiger partial charge in [-0.3, -0.25) is 37.3 Å². The van der Waals surface area contributed by atoms with Crippen LogP contribution in [0.2, 0.25) is 0 Å². The maximum atomic E-state index is 13.1. The zero-order chi connectivity index (χ0) is 72.7. The monoisotopic (exact) mass is 1450 g/mol. The molecule has 0 radical (unpaired) electrons. The first-order valence-electron chi connectivity index (χ1n) is 41.0. The molecular weight excluding hydrogens is 1290 g/mol. The molecule has 0 rings (SSSR count). The quantitative estimate of drug-likeness (QED) is 0.0169. The van der Waals surface area contributed by atoms with Crippen molar-refractivity contribution >= 4 is 39.5 Å². The summed E-state index contributed by atoms with van der Waals surface area (Å²) in [4.78, 5) is 72.9. The Kier molecular flexibility index (Phi) is 70.7. The van der Waals surface area contributed by atoms with Crippen LogP contribution in [0, 0.1) is 5.92 Å². The molecule has 0 bridgehead atoms. The first-order chi connectivity index (χ1) is 48.0.